The number of nitrogens with zero attached hydrogens (tertiary/aromatic N) is 4. The highest BCUT2D eigenvalue weighted by Crippen LogP contribution is 2.23. The third kappa shape index (κ3) is 3.69. The lowest BCUT2D eigenvalue weighted by Gasteiger charge is -2.41. The Balaban J connectivity index is 1.72. The number of aromatic nitrogens is 1. The van der Waals surface area contributed by atoms with Crippen LogP contribution in [0.4, 0.5) is 5.82 Å². The van der Waals surface area contributed by atoms with Gasteiger partial charge in [-0.1, -0.05) is 48.9 Å². The molecule has 0 radical (unpaired) electrons. The molecule has 2 heterocycles. The van der Waals surface area contributed by atoms with Gasteiger partial charge in [0.15, 0.2) is 5.69 Å². The number of rotatable bonds is 4. The normalized spacial score (nSPS) is 18.4. The van der Waals surface area contributed by atoms with Crippen molar-refractivity contribution in [1.82, 2.24) is 9.88 Å². The van der Waals surface area contributed by atoms with Crippen LogP contribution < -0.4 is 4.90 Å². The summed E-state index contributed by atoms with van der Waals surface area (Å²) < 4.78 is 0. The van der Waals surface area contributed by atoms with Crippen molar-refractivity contribution in [3.05, 3.63) is 58.7 Å². The highest BCUT2D eigenvalue weighted by molar-refractivity contribution is 6.31. The molecule has 1 atom stereocenters. The Morgan fingerprint density at radius 2 is 2.00 bits per heavy atom. The molecule has 4 nitrogen and oxygen atoms in total. The van der Waals surface area contributed by atoms with Crippen LogP contribution >= 0.6 is 11.6 Å². The quantitative estimate of drug-likeness (QED) is 0.851. The number of piperazine rings is 1. The van der Waals surface area contributed by atoms with Gasteiger partial charge < -0.3 is 4.90 Å². The number of benzene rings is 1. The van der Waals surface area contributed by atoms with E-state index in [0.717, 1.165) is 38.4 Å². The number of nitriles is 1. The summed E-state index contributed by atoms with van der Waals surface area (Å²) in [6.45, 7) is 6.01. The van der Waals surface area contributed by atoms with E-state index in [9.17, 15) is 0 Å². The highest BCUT2D eigenvalue weighted by Gasteiger charge is 2.26. The van der Waals surface area contributed by atoms with Gasteiger partial charge in [-0.25, -0.2) is 4.98 Å². The molecular formula is C19H21ClN4. The Kier molecular flexibility index (Phi) is 5.34. The van der Waals surface area contributed by atoms with E-state index in [0.29, 0.717) is 16.8 Å². The van der Waals surface area contributed by atoms with Crippen molar-refractivity contribution in [2.45, 2.75) is 25.9 Å². The lowest BCUT2D eigenvalue weighted by Crippen LogP contribution is -2.52. The van der Waals surface area contributed by atoms with Crippen LogP contribution in [-0.4, -0.2) is 35.6 Å². The summed E-state index contributed by atoms with van der Waals surface area (Å²) in [6, 6.07) is 16.8. The van der Waals surface area contributed by atoms with Crippen molar-refractivity contribution < 1.29 is 0 Å². The zero-order chi connectivity index (χ0) is 16.9. The summed E-state index contributed by atoms with van der Waals surface area (Å²) in [4.78, 5) is 9.20. The molecule has 0 spiro atoms. The molecule has 1 aromatic heterocycles. The van der Waals surface area contributed by atoms with Crippen molar-refractivity contribution in [3.63, 3.8) is 0 Å². The van der Waals surface area contributed by atoms with E-state index in [2.05, 4.69) is 58.1 Å². The third-order valence-electron chi connectivity index (χ3n) is 4.57. The maximum Gasteiger partial charge on any atom is 0.161 e. The molecular weight excluding hydrogens is 320 g/mol. The van der Waals surface area contributed by atoms with E-state index in [4.69, 9.17) is 16.9 Å². The molecule has 3 rings (SSSR count). The fraction of sp³-hybridized carbons (Fsp3) is 0.368. The first-order valence-electron chi connectivity index (χ1n) is 8.31. The van der Waals surface area contributed by atoms with Crippen molar-refractivity contribution in [3.8, 4) is 6.07 Å². The van der Waals surface area contributed by atoms with Crippen LogP contribution in [0.1, 0.15) is 24.6 Å². The fourth-order valence-corrected chi connectivity index (χ4v) is 3.35. The number of hydrogen-bond donors (Lipinski definition) is 0. The summed E-state index contributed by atoms with van der Waals surface area (Å²) in [6.07, 6.45) is 1.09. The topological polar surface area (TPSA) is 43.2 Å². The predicted molar refractivity (Wildman–Crippen MR) is 97.1 cm³/mol. The summed E-state index contributed by atoms with van der Waals surface area (Å²) >= 11 is 5.99. The molecule has 24 heavy (non-hydrogen) atoms. The van der Waals surface area contributed by atoms with E-state index < -0.39 is 0 Å². The molecule has 0 amide bonds. The van der Waals surface area contributed by atoms with E-state index in [1.807, 2.05) is 6.07 Å². The maximum atomic E-state index is 9.12. The molecule has 1 aliphatic heterocycles. The van der Waals surface area contributed by atoms with E-state index in [1.54, 1.807) is 6.07 Å². The van der Waals surface area contributed by atoms with E-state index in [-0.39, 0.29) is 0 Å². The molecule has 1 fully saturated rings. The van der Waals surface area contributed by atoms with E-state index >= 15 is 0 Å². The smallest absolute Gasteiger partial charge is 0.161 e. The van der Waals surface area contributed by atoms with Gasteiger partial charge in [0, 0.05) is 32.2 Å². The van der Waals surface area contributed by atoms with Crippen LogP contribution in [0.2, 0.25) is 5.02 Å². The van der Waals surface area contributed by atoms with Crippen LogP contribution in [0.3, 0.4) is 0 Å². The monoisotopic (exact) mass is 340 g/mol. The zero-order valence-electron chi connectivity index (χ0n) is 13.8. The average Bonchev–Trinajstić information content (AvgIpc) is 2.63. The van der Waals surface area contributed by atoms with Gasteiger partial charge in [0.05, 0.1) is 5.02 Å². The van der Waals surface area contributed by atoms with Crippen molar-refractivity contribution >= 4 is 17.4 Å². The van der Waals surface area contributed by atoms with Gasteiger partial charge in [0.25, 0.3) is 0 Å². The Hall–Kier alpha value is -2.09. The van der Waals surface area contributed by atoms with Crippen LogP contribution in [0, 0.1) is 11.3 Å². The standard InChI is InChI=1S/C19H21ClN4/c1-2-16-14-24(19-9-8-17(20)18(12-21)22-19)11-10-23(16)13-15-6-4-3-5-7-15/h3-9,16H,2,10-11,13-14H2,1H3. The predicted octanol–water partition coefficient (Wildman–Crippen LogP) is 3.71. The molecule has 0 aliphatic carbocycles. The molecule has 2 aromatic rings. The molecule has 0 N–H and O–H groups in total. The second-order valence-electron chi connectivity index (χ2n) is 6.08. The summed E-state index contributed by atoms with van der Waals surface area (Å²) in [7, 11) is 0. The number of pyridine rings is 1. The first-order valence-corrected chi connectivity index (χ1v) is 8.68. The molecule has 5 heteroatoms. The Labute approximate surface area is 148 Å². The van der Waals surface area contributed by atoms with Gasteiger partial charge >= 0.3 is 0 Å². The minimum atomic E-state index is 0.300. The van der Waals surface area contributed by atoms with Gasteiger partial charge in [-0.2, -0.15) is 5.26 Å². The molecule has 1 aromatic carbocycles. The van der Waals surface area contributed by atoms with Gasteiger partial charge in [-0.15, -0.1) is 0 Å². The van der Waals surface area contributed by atoms with Crippen molar-refractivity contribution in [1.29, 1.82) is 5.26 Å². The van der Waals surface area contributed by atoms with Crippen LogP contribution in [0.5, 0.6) is 0 Å². The second-order valence-corrected chi connectivity index (χ2v) is 6.48. The molecule has 0 saturated carbocycles. The van der Waals surface area contributed by atoms with Gasteiger partial charge in [0.2, 0.25) is 0 Å². The minimum absolute atomic E-state index is 0.300. The molecule has 1 saturated heterocycles. The molecule has 1 unspecified atom stereocenters. The Morgan fingerprint density at radius 3 is 2.71 bits per heavy atom. The minimum Gasteiger partial charge on any atom is -0.354 e. The highest BCUT2D eigenvalue weighted by atomic mass is 35.5. The Bertz CT molecular complexity index is 726. The number of hydrogen-bond acceptors (Lipinski definition) is 4. The largest absolute Gasteiger partial charge is 0.354 e. The molecule has 124 valence electrons. The fourth-order valence-electron chi connectivity index (χ4n) is 3.20. The molecule has 1 aliphatic rings. The second kappa shape index (κ2) is 7.65. The van der Waals surface area contributed by atoms with Gasteiger partial charge in [0.1, 0.15) is 11.9 Å². The first-order chi connectivity index (χ1) is 11.7. The maximum absolute atomic E-state index is 9.12. The first kappa shape index (κ1) is 16.8. The van der Waals surface area contributed by atoms with Crippen LogP contribution in [0.15, 0.2) is 42.5 Å². The van der Waals surface area contributed by atoms with E-state index in [1.165, 1.54) is 5.56 Å². The van der Waals surface area contributed by atoms with Gasteiger partial charge in [-0.3, -0.25) is 4.90 Å². The lowest BCUT2D eigenvalue weighted by molar-refractivity contribution is 0.163. The molecule has 0 bridgehead atoms. The van der Waals surface area contributed by atoms with Crippen molar-refractivity contribution in [2.24, 2.45) is 0 Å². The summed E-state index contributed by atoms with van der Waals surface area (Å²) in [5.41, 5.74) is 1.65. The van der Waals surface area contributed by atoms with Gasteiger partial charge in [-0.05, 0) is 24.1 Å². The third-order valence-corrected chi connectivity index (χ3v) is 4.87. The van der Waals surface area contributed by atoms with Crippen LogP contribution in [0.25, 0.3) is 0 Å². The summed E-state index contributed by atoms with van der Waals surface area (Å²) in [5, 5.41) is 9.53. The number of halogens is 1. The lowest BCUT2D eigenvalue weighted by atomic mass is 10.1. The van der Waals surface area contributed by atoms with Crippen molar-refractivity contribution in [2.75, 3.05) is 24.5 Å². The SMILES string of the molecule is CCC1CN(c2ccc(Cl)c(C#N)n2)CCN1Cc1ccccc1. The van der Waals surface area contributed by atoms with Crippen LogP contribution in [-0.2, 0) is 6.54 Å². The Morgan fingerprint density at radius 1 is 1.21 bits per heavy atom. The summed E-state index contributed by atoms with van der Waals surface area (Å²) in [5.74, 6) is 0.841. The average molecular weight is 341 g/mol. The number of anilines is 1. The zero-order valence-corrected chi connectivity index (χ0v) is 14.6.